The van der Waals surface area contributed by atoms with Crippen molar-refractivity contribution in [1.82, 2.24) is 15.6 Å². The van der Waals surface area contributed by atoms with Gasteiger partial charge in [-0.05, 0) is 31.8 Å². The van der Waals surface area contributed by atoms with Crippen LogP contribution in [0, 0.1) is 5.92 Å². The van der Waals surface area contributed by atoms with E-state index in [1.165, 1.54) is 4.88 Å². The van der Waals surface area contributed by atoms with Gasteiger partial charge in [-0.1, -0.05) is 6.92 Å². The molecule has 17 heavy (non-hydrogen) atoms. The maximum Gasteiger partial charge on any atom is 0.220 e. The average molecular weight is 253 g/mol. The fourth-order valence-corrected chi connectivity index (χ4v) is 2.79. The van der Waals surface area contributed by atoms with Crippen LogP contribution in [0.15, 0.2) is 6.20 Å². The Morgan fingerprint density at radius 2 is 2.59 bits per heavy atom. The highest BCUT2D eigenvalue weighted by molar-refractivity contribution is 7.11. The van der Waals surface area contributed by atoms with Crippen LogP contribution in [0.2, 0.25) is 0 Å². The molecule has 94 valence electrons. The van der Waals surface area contributed by atoms with Crippen LogP contribution in [0.1, 0.15) is 29.7 Å². The van der Waals surface area contributed by atoms with E-state index in [-0.39, 0.29) is 5.91 Å². The van der Waals surface area contributed by atoms with E-state index in [1.807, 2.05) is 6.20 Å². The van der Waals surface area contributed by atoms with Crippen molar-refractivity contribution in [3.8, 4) is 0 Å². The van der Waals surface area contributed by atoms with E-state index in [9.17, 15) is 4.79 Å². The van der Waals surface area contributed by atoms with Gasteiger partial charge in [0.15, 0.2) is 0 Å². The molecule has 0 spiro atoms. The fourth-order valence-electron chi connectivity index (χ4n) is 1.99. The summed E-state index contributed by atoms with van der Waals surface area (Å²) in [7, 11) is 0. The van der Waals surface area contributed by atoms with Gasteiger partial charge in [0.2, 0.25) is 5.91 Å². The number of aryl methyl sites for hydroxylation is 1. The normalized spacial score (nSPS) is 19.5. The number of amides is 1. The van der Waals surface area contributed by atoms with Crippen LogP contribution in [0.4, 0.5) is 0 Å². The molecule has 2 rings (SSSR count). The maximum absolute atomic E-state index is 11.7. The zero-order chi connectivity index (χ0) is 12.1. The van der Waals surface area contributed by atoms with Crippen LogP contribution in [-0.2, 0) is 17.8 Å². The SMILES string of the molecule is CCc1cnc(CNC(=O)CC2CCNC2)s1. The minimum atomic E-state index is 0.145. The number of hydrogen-bond donors (Lipinski definition) is 2. The van der Waals surface area contributed by atoms with Crippen molar-refractivity contribution in [3.63, 3.8) is 0 Å². The number of carbonyl (C=O) groups is 1. The second-order valence-corrected chi connectivity index (χ2v) is 5.61. The molecule has 2 N–H and O–H groups in total. The Morgan fingerprint density at radius 1 is 1.71 bits per heavy atom. The summed E-state index contributed by atoms with van der Waals surface area (Å²) in [5, 5.41) is 7.22. The van der Waals surface area contributed by atoms with Gasteiger partial charge < -0.3 is 10.6 Å². The van der Waals surface area contributed by atoms with Gasteiger partial charge in [0.1, 0.15) is 5.01 Å². The minimum absolute atomic E-state index is 0.145. The number of rotatable bonds is 5. The summed E-state index contributed by atoms with van der Waals surface area (Å²) in [4.78, 5) is 17.2. The third-order valence-corrected chi connectivity index (χ3v) is 4.16. The zero-order valence-electron chi connectivity index (χ0n) is 10.2. The second-order valence-electron chi connectivity index (χ2n) is 4.41. The van der Waals surface area contributed by atoms with Gasteiger partial charge in [0.05, 0.1) is 6.54 Å². The molecule has 1 amide bonds. The van der Waals surface area contributed by atoms with E-state index in [0.29, 0.717) is 18.9 Å². The predicted molar refractivity (Wildman–Crippen MR) is 68.9 cm³/mol. The summed E-state index contributed by atoms with van der Waals surface area (Å²) in [5.41, 5.74) is 0. The third kappa shape index (κ3) is 3.78. The Labute approximate surface area is 106 Å². The molecule has 2 heterocycles. The topological polar surface area (TPSA) is 54.0 Å². The number of hydrogen-bond acceptors (Lipinski definition) is 4. The molecule has 0 bridgehead atoms. The van der Waals surface area contributed by atoms with E-state index in [0.717, 1.165) is 30.9 Å². The molecule has 0 aromatic carbocycles. The van der Waals surface area contributed by atoms with Crippen LogP contribution in [0.3, 0.4) is 0 Å². The van der Waals surface area contributed by atoms with E-state index in [4.69, 9.17) is 0 Å². The molecule has 1 unspecified atom stereocenters. The first kappa shape index (κ1) is 12.5. The fraction of sp³-hybridized carbons (Fsp3) is 0.667. The molecule has 1 saturated heterocycles. The summed E-state index contributed by atoms with van der Waals surface area (Å²) in [5.74, 6) is 0.657. The monoisotopic (exact) mass is 253 g/mol. The Kier molecular flexibility index (Phi) is 4.50. The first-order valence-corrected chi connectivity index (χ1v) is 7.00. The second kappa shape index (κ2) is 6.12. The molecule has 0 saturated carbocycles. The van der Waals surface area contributed by atoms with Crippen LogP contribution >= 0.6 is 11.3 Å². The Hall–Kier alpha value is -0.940. The van der Waals surface area contributed by atoms with E-state index in [1.54, 1.807) is 11.3 Å². The molecular formula is C12H19N3OS. The molecule has 1 aliphatic heterocycles. The zero-order valence-corrected chi connectivity index (χ0v) is 11.0. The van der Waals surface area contributed by atoms with Crippen LogP contribution in [0.5, 0.6) is 0 Å². The van der Waals surface area contributed by atoms with E-state index in [2.05, 4.69) is 22.5 Å². The summed E-state index contributed by atoms with van der Waals surface area (Å²) < 4.78 is 0. The molecule has 5 heteroatoms. The number of aromatic nitrogens is 1. The van der Waals surface area contributed by atoms with Crippen molar-refractivity contribution in [3.05, 3.63) is 16.1 Å². The van der Waals surface area contributed by atoms with Crippen molar-refractivity contribution in [2.75, 3.05) is 13.1 Å². The maximum atomic E-state index is 11.7. The Balaban J connectivity index is 1.71. The van der Waals surface area contributed by atoms with E-state index >= 15 is 0 Å². The van der Waals surface area contributed by atoms with Crippen LogP contribution in [0.25, 0.3) is 0 Å². The number of thiazole rings is 1. The predicted octanol–water partition coefficient (Wildman–Crippen LogP) is 1.32. The van der Waals surface area contributed by atoms with Crippen molar-refractivity contribution < 1.29 is 4.79 Å². The third-order valence-electron chi connectivity index (χ3n) is 3.02. The van der Waals surface area contributed by atoms with Crippen LogP contribution < -0.4 is 10.6 Å². The number of nitrogens with one attached hydrogen (secondary N) is 2. The van der Waals surface area contributed by atoms with Gasteiger partial charge >= 0.3 is 0 Å². The summed E-state index contributed by atoms with van der Waals surface area (Å²) in [6, 6.07) is 0. The minimum Gasteiger partial charge on any atom is -0.350 e. The first-order valence-electron chi connectivity index (χ1n) is 6.19. The molecule has 4 nitrogen and oxygen atoms in total. The summed E-state index contributed by atoms with van der Waals surface area (Å²) in [6.07, 6.45) is 4.66. The van der Waals surface area contributed by atoms with Gasteiger partial charge in [0, 0.05) is 17.5 Å². The highest BCUT2D eigenvalue weighted by atomic mass is 32.1. The van der Waals surface area contributed by atoms with Crippen molar-refractivity contribution >= 4 is 17.2 Å². The highest BCUT2D eigenvalue weighted by Crippen LogP contribution is 2.14. The largest absolute Gasteiger partial charge is 0.350 e. The molecule has 1 aliphatic rings. The lowest BCUT2D eigenvalue weighted by Crippen LogP contribution is -2.25. The van der Waals surface area contributed by atoms with Crippen molar-refractivity contribution in [2.45, 2.75) is 32.7 Å². The number of nitrogens with zero attached hydrogens (tertiary/aromatic N) is 1. The van der Waals surface area contributed by atoms with Crippen molar-refractivity contribution in [1.29, 1.82) is 0 Å². The summed E-state index contributed by atoms with van der Waals surface area (Å²) in [6.45, 7) is 4.71. The van der Waals surface area contributed by atoms with Gasteiger partial charge in [0.25, 0.3) is 0 Å². The lowest BCUT2D eigenvalue weighted by Gasteiger charge is -2.07. The van der Waals surface area contributed by atoms with Gasteiger partial charge in [-0.3, -0.25) is 4.79 Å². The van der Waals surface area contributed by atoms with Gasteiger partial charge in [-0.25, -0.2) is 4.98 Å². The summed E-state index contributed by atoms with van der Waals surface area (Å²) >= 11 is 1.68. The molecule has 0 aliphatic carbocycles. The molecule has 0 radical (unpaired) electrons. The van der Waals surface area contributed by atoms with Crippen LogP contribution in [-0.4, -0.2) is 24.0 Å². The molecule has 1 aromatic rings. The molecule has 1 fully saturated rings. The first-order chi connectivity index (χ1) is 8.28. The quantitative estimate of drug-likeness (QED) is 0.832. The molecule has 1 atom stereocenters. The Morgan fingerprint density at radius 3 is 3.24 bits per heavy atom. The average Bonchev–Trinajstić information content (AvgIpc) is 2.96. The highest BCUT2D eigenvalue weighted by Gasteiger charge is 2.17. The smallest absolute Gasteiger partial charge is 0.220 e. The van der Waals surface area contributed by atoms with E-state index < -0.39 is 0 Å². The lowest BCUT2D eigenvalue weighted by molar-refractivity contribution is -0.122. The lowest BCUT2D eigenvalue weighted by atomic mass is 10.0. The van der Waals surface area contributed by atoms with Crippen molar-refractivity contribution in [2.24, 2.45) is 5.92 Å². The van der Waals surface area contributed by atoms with Gasteiger partial charge in [-0.2, -0.15) is 0 Å². The molecular weight excluding hydrogens is 234 g/mol. The number of carbonyl (C=O) groups excluding carboxylic acids is 1. The Bertz CT molecular complexity index is 372. The standard InChI is InChI=1S/C12H19N3OS/c1-2-10-7-15-12(17-10)8-14-11(16)5-9-3-4-13-6-9/h7,9,13H,2-6,8H2,1H3,(H,14,16). The van der Waals surface area contributed by atoms with Gasteiger partial charge in [-0.15, -0.1) is 11.3 Å². The molecule has 1 aromatic heterocycles.